The number of anilines is 1. The fraction of sp³-hybridized carbons (Fsp3) is 0.600. The molecule has 5 heteroatoms. The molecule has 1 aromatic carbocycles. The van der Waals surface area contributed by atoms with Gasteiger partial charge in [0.15, 0.2) is 0 Å². The van der Waals surface area contributed by atoms with E-state index in [0.29, 0.717) is 22.1 Å². The quantitative estimate of drug-likeness (QED) is 0.665. The van der Waals surface area contributed by atoms with Gasteiger partial charge in [-0.1, -0.05) is 25.8 Å². The second-order valence-corrected chi connectivity index (χ2v) is 7.58. The van der Waals surface area contributed by atoms with Crippen molar-refractivity contribution in [3.63, 3.8) is 0 Å². The summed E-state index contributed by atoms with van der Waals surface area (Å²) in [4.78, 5) is 0.301. The van der Waals surface area contributed by atoms with Crippen LogP contribution in [0.2, 0.25) is 0 Å². The predicted octanol–water partition coefficient (Wildman–Crippen LogP) is 2.82. The summed E-state index contributed by atoms with van der Waals surface area (Å²) >= 11 is 0. The van der Waals surface area contributed by atoms with Crippen LogP contribution < -0.4 is 10.5 Å². The summed E-state index contributed by atoms with van der Waals surface area (Å²) in [5.41, 5.74) is 6.94. The summed E-state index contributed by atoms with van der Waals surface area (Å²) in [6, 6.07) is 5.08. The maximum Gasteiger partial charge on any atom is 0.241 e. The number of benzene rings is 1. The Morgan fingerprint density at radius 3 is 2.70 bits per heavy atom. The first kappa shape index (κ1) is 15.3. The zero-order valence-electron chi connectivity index (χ0n) is 12.2. The Hall–Kier alpha value is -1.07. The van der Waals surface area contributed by atoms with Gasteiger partial charge in [-0.15, -0.1) is 0 Å². The molecule has 1 saturated carbocycles. The second-order valence-electron chi connectivity index (χ2n) is 5.90. The fourth-order valence-corrected chi connectivity index (χ4v) is 4.39. The predicted molar refractivity (Wildman–Crippen MR) is 81.9 cm³/mol. The van der Waals surface area contributed by atoms with Crippen LogP contribution >= 0.6 is 0 Å². The summed E-state index contributed by atoms with van der Waals surface area (Å²) < 4.78 is 27.9. The van der Waals surface area contributed by atoms with Gasteiger partial charge in [-0.2, -0.15) is 0 Å². The Balaban J connectivity index is 2.16. The van der Waals surface area contributed by atoms with Crippen LogP contribution in [0.15, 0.2) is 23.1 Å². The molecule has 1 aromatic rings. The fourth-order valence-electron chi connectivity index (χ4n) is 2.81. The van der Waals surface area contributed by atoms with Crippen LogP contribution in [0.3, 0.4) is 0 Å². The molecule has 0 radical (unpaired) electrons. The molecule has 2 unspecified atom stereocenters. The Morgan fingerprint density at radius 1 is 1.20 bits per heavy atom. The number of nitrogen functional groups attached to an aromatic ring is 1. The standard InChI is InChI=1S/C15H24N2O2S/c1-11-5-3-6-13(10-9-11)17-20(18,19)15-8-4-7-14(16)12(15)2/h4,7-8,11,13,17H,3,5-6,9-10,16H2,1-2H3. The first-order valence-corrected chi connectivity index (χ1v) is 8.76. The van der Waals surface area contributed by atoms with E-state index in [4.69, 9.17) is 5.73 Å². The SMILES string of the molecule is Cc1c(N)cccc1S(=O)(=O)NC1CCCC(C)CC1. The van der Waals surface area contributed by atoms with Crippen LogP contribution in [-0.2, 0) is 10.0 Å². The summed E-state index contributed by atoms with van der Waals surface area (Å²) in [5, 5.41) is 0. The van der Waals surface area contributed by atoms with Crippen LogP contribution in [0, 0.1) is 12.8 Å². The molecule has 1 aliphatic rings. The molecular formula is C15H24N2O2S. The number of hydrogen-bond acceptors (Lipinski definition) is 3. The van der Waals surface area contributed by atoms with E-state index < -0.39 is 10.0 Å². The van der Waals surface area contributed by atoms with Gasteiger partial charge in [0.1, 0.15) is 0 Å². The molecule has 0 saturated heterocycles. The third-order valence-electron chi connectivity index (χ3n) is 4.19. The average molecular weight is 296 g/mol. The highest BCUT2D eigenvalue weighted by Crippen LogP contribution is 2.25. The molecule has 1 fully saturated rings. The minimum atomic E-state index is -3.48. The van der Waals surface area contributed by atoms with Crippen molar-refractivity contribution in [3.8, 4) is 0 Å². The molecule has 20 heavy (non-hydrogen) atoms. The number of rotatable bonds is 3. The van der Waals surface area contributed by atoms with Crippen molar-refractivity contribution in [2.75, 3.05) is 5.73 Å². The van der Waals surface area contributed by atoms with Crippen molar-refractivity contribution in [1.29, 1.82) is 0 Å². The molecule has 3 N–H and O–H groups in total. The highest BCUT2D eigenvalue weighted by Gasteiger charge is 2.24. The number of nitrogens with one attached hydrogen (secondary N) is 1. The van der Waals surface area contributed by atoms with Crippen molar-refractivity contribution >= 4 is 15.7 Å². The monoisotopic (exact) mass is 296 g/mol. The van der Waals surface area contributed by atoms with Crippen LogP contribution in [0.5, 0.6) is 0 Å². The zero-order valence-corrected chi connectivity index (χ0v) is 13.0. The molecule has 112 valence electrons. The van der Waals surface area contributed by atoms with Crippen LogP contribution in [0.4, 0.5) is 5.69 Å². The van der Waals surface area contributed by atoms with E-state index in [1.54, 1.807) is 25.1 Å². The van der Waals surface area contributed by atoms with Gasteiger partial charge < -0.3 is 5.73 Å². The van der Waals surface area contributed by atoms with Gasteiger partial charge in [-0.25, -0.2) is 13.1 Å². The van der Waals surface area contributed by atoms with Crippen molar-refractivity contribution in [2.45, 2.75) is 56.9 Å². The maximum absolute atomic E-state index is 12.5. The van der Waals surface area contributed by atoms with E-state index in [1.807, 2.05) is 0 Å². The Kier molecular flexibility index (Phi) is 4.70. The summed E-state index contributed by atoms with van der Waals surface area (Å²) in [6.45, 7) is 3.98. The molecular weight excluding hydrogens is 272 g/mol. The van der Waals surface area contributed by atoms with Crippen LogP contribution in [0.25, 0.3) is 0 Å². The number of sulfonamides is 1. The zero-order chi connectivity index (χ0) is 14.8. The highest BCUT2D eigenvalue weighted by atomic mass is 32.2. The van der Waals surface area contributed by atoms with Gasteiger partial charge in [0.25, 0.3) is 0 Å². The Morgan fingerprint density at radius 2 is 1.95 bits per heavy atom. The largest absolute Gasteiger partial charge is 0.398 e. The van der Waals surface area contributed by atoms with Crippen molar-refractivity contribution < 1.29 is 8.42 Å². The van der Waals surface area contributed by atoms with Crippen molar-refractivity contribution in [2.24, 2.45) is 5.92 Å². The molecule has 0 amide bonds. The van der Waals surface area contributed by atoms with Gasteiger partial charge in [-0.05, 0) is 49.8 Å². The first-order valence-electron chi connectivity index (χ1n) is 7.27. The van der Waals surface area contributed by atoms with E-state index in [9.17, 15) is 8.42 Å². The van der Waals surface area contributed by atoms with E-state index in [-0.39, 0.29) is 6.04 Å². The van der Waals surface area contributed by atoms with Gasteiger partial charge in [0.05, 0.1) is 4.90 Å². The normalized spacial score (nSPS) is 24.3. The summed E-state index contributed by atoms with van der Waals surface area (Å²) in [7, 11) is -3.48. The smallest absolute Gasteiger partial charge is 0.241 e. The molecule has 1 aliphatic carbocycles. The maximum atomic E-state index is 12.5. The van der Waals surface area contributed by atoms with E-state index in [1.165, 1.54) is 6.42 Å². The van der Waals surface area contributed by atoms with Crippen molar-refractivity contribution in [1.82, 2.24) is 4.72 Å². The van der Waals surface area contributed by atoms with Crippen LogP contribution in [-0.4, -0.2) is 14.5 Å². The van der Waals surface area contributed by atoms with E-state index in [0.717, 1.165) is 25.7 Å². The third-order valence-corrected chi connectivity index (χ3v) is 5.86. The molecule has 4 nitrogen and oxygen atoms in total. The number of nitrogens with two attached hydrogens (primary N) is 1. The summed E-state index contributed by atoms with van der Waals surface area (Å²) in [5.74, 6) is 0.693. The first-order chi connectivity index (χ1) is 9.40. The van der Waals surface area contributed by atoms with Gasteiger partial charge >= 0.3 is 0 Å². The topological polar surface area (TPSA) is 72.2 Å². The molecule has 0 spiro atoms. The Labute approximate surface area is 121 Å². The minimum absolute atomic E-state index is 0.0470. The summed E-state index contributed by atoms with van der Waals surface area (Å²) in [6.07, 6.45) is 5.20. The van der Waals surface area contributed by atoms with Crippen molar-refractivity contribution in [3.05, 3.63) is 23.8 Å². The number of hydrogen-bond donors (Lipinski definition) is 2. The lowest BCUT2D eigenvalue weighted by atomic mass is 10.0. The Bertz CT molecular complexity index is 569. The lowest BCUT2D eigenvalue weighted by molar-refractivity contribution is 0.484. The van der Waals surface area contributed by atoms with Crippen LogP contribution in [0.1, 0.15) is 44.6 Å². The molecule has 0 aliphatic heterocycles. The minimum Gasteiger partial charge on any atom is -0.398 e. The second kappa shape index (κ2) is 6.14. The average Bonchev–Trinajstić information content (AvgIpc) is 2.57. The highest BCUT2D eigenvalue weighted by molar-refractivity contribution is 7.89. The lowest BCUT2D eigenvalue weighted by Crippen LogP contribution is -2.34. The van der Waals surface area contributed by atoms with E-state index >= 15 is 0 Å². The molecule has 0 aromatic heterocycles. The molecule has 2 atom stereocenters. The molecule has 0 heterocycles. The van der Waals surface area contributed by atoms with E-state index in [2.05, 4.69) is 11.6 Å². The lowest BCUT2D eigenvalue weighted by Gasteiger charge is -2.18. The van der Waals surface area contributed by atoms with Gasteiger partial charge in [-0.3, -0.25) is 0 Å². The van der Waals surface area contributed by atoms with Gasteiger partial charge in [0.2, 0.25) is 10.0 Å². The molecule has 2 rings (SSSR count). The van der Waals surface area contributed by atoms with Gasteiger partial charge in [0, 0.05) is 11.7 Å². The molecule has 0 bridgehead atoms. The third kappa shape index (κ3) is 3.52.